The van der Waals surface area contributed by atoms with Gasteiger partial charge >= 0.3 is 0 Å². The molecule has 0 saturated carbocycles. The molecule has 0 spiro atoms. The van der Waals surface area contributed by atoms with Gasteiger partial charge in [0, 0.05) is 18.1 Å². The summed E-state index contributed by atoms with van der Waals surface area (Å²) in [6.45, 7) is 8.13. The molecular weight excluding hydrogens is 452 g/mol. The Hall–Kier alpha value is -1.75. The number of carbonyl (C=O) groups is 2. The Labute approximate surface area is 197 Å². The van der Waals surface area contributed by atoms with E-state index in [1.54, 1.807) is 12.1 Å². The summed E-state index contributed by atoms with van der Waals surface area (Å²) in [4.78, 5) is 26.8. The van der Waals surface area contributed by atoms with Gasteiger partial charge in [-0.15, -0.1) is 0 Å². The Kier molecular flexibility index (Phi) is 10.1. The average Bonchev–Trinajstić information content (AvgIpc) is 3.04. The highest BCUT2D eigenvalue weighted by Gasteiger charge is 2.42. The third-order valence-electron chi connectivity index (χ3n) is 6.36. The summed E-state index contributed by atoms with van der Waals surface area (Å²) in [5.41, 5.74) is 2.32. The summed E-state index contributed by atoms with van der Waals surface area (Å²) < 4.78 is 4.26. The Morgan fingerprint density at radius 2 is 1.32 bits per heavy atom. The Morgan fingerprint density at radius 3 is 1.94 bits per heavy atom. The number of imidazole rings is 1. The van der Waals surface area contributed by atoms with Gasteiger partial charge in [-0.05, 0) is 25.7 Å². The number of hydrogen-bond acceptors (Lipinski definition) is 2. The summed E-state index contributed by atoms with van der Waals surface area (Å²) >= 11 is 0. The highest BCUT2D eigenvalue weighted by atomic mass is 79.9. The topological polar surface area (TPSA) is 43.0 Å². The van der Waals surface area contributed by atoms with Gasteiger partial charge in [0.25, 0.3) is 5.82 Å². The van der Waals surface area contributed by atoms with E-state index in [4.69, 9.17) is 0 Å². The summed E-state index contributed by atoms with van der Waals surface area (Å²) in [6.07, 6.45) is 11.8. The van der Waals surface area contributed by atoms with Crippen LogP contribution in [-0.2, 0) is 13.1 Å². The molecule has 0 amide bonds. The highest BCUT2D eigenvalue weighted by Crippen LogP contribution is 2.27. The number of fused-ring (bicyclic) bond motifs is 2. The van der Waals surface area contributed by atoms with Crippen LogP contribution in [0.25, 0.3) is 0 Å². The molecule has 0 saturated heterocycles. The van der Waals surface area contributed by atoms with Crippen LogP contribution in [0.4, 0.5) is 0 Å². The lowest BCUT2D eigenvalue weighted by molar-refractivity contribution is -0.704. The first kappa shape index (κ1) is 25.5. The third kappa shape index (κ3) is 5.54. The van der Waals surface area contributed by atoms with E-state index in [1.807, 2.05) is 12.1 Å². The molecule has 0 bridgehead atoms. The number of benzene rings is 1. The van der Waals surface area contributed by atoms with Crippen molar-refractivity contribution in [3.8, 4) is 0 Å². The first-order valence-corrected chi connectivity index (χ1v) is 11.9. The SMILES string of the molecule is CCCCCCCn1c2c([n+](CCCCCCC)c1C)C(=O)c1ccccc1C2=O.[Br-]. The van der Waals surface area contributed by atoms with Crippen LogP contribution < -0.4 is 21.5 Å². The van der Waals surface area contributed by atoms with E-state index in [-0.39, 0.29) is 28.5 Å². The minimum atomic E-state index is 0. The van der Waals surface area contributed by atoms with Crippen molar-refractivity contribution in [2.75, 3.05) is 0 Å². The number of carbonyl (C=O) groups excluding carboxylic acids is 2. The Balaban J connectivity index is 0.00000341. The zero-order chi connectivity index (χ0) is 21.5. The summed E-state index contributed by atoms with van der Waals surface area (Å²) in [5.74, 6) is 1.05. The van der Waals surface area contributed by atoms with Crippen molar-refractivity contribution in [1.82, 2.24) is 4.57 Å². The Morgan fingerprint density at radius 1 is 0.774 bits per heavy atom. The molecule has 0 radical (unpaired) electrons. The quantitative estimate of drug-likeness (QED) is 0.290. The molecule has 5 heteroatoms. The van der Waals surface area contributed by atoms with Gasteiger partial charge in [-0.1, -0.05) is 76.6 Å². The number of rotatable bonds is 12. The van der Waals surface area contributed by atoms with Crippen LogP contribution in [0.5, 0.6) is 0 Å². The molecular formula is C26H37BrN2O2. The van der Waals surface area contributed by atoms with Crippen molar-refractivity contribution < 1.29 is 31.1 Å². The van der Waals surface area contributed by atoms with Crippen LogP contribution in [0.1, 0.15) is 116 Å². The van der Waals surface area contributed by atoms with Gasteiger partial charge in [-0.3, -0.25) is 9.59 Å². The second kappa shape index (κ2) is 12.3. The van der Waals surface area contributed by atoms with Crippen molar-refractivity contribution in [3.63, 3.8) is 0 Å². The second-order valence-corrected chi connectivity index (χ2v) is 8.58. The van der Waals surface area contributed by atoms with Crippen molar-refractivity contribution in [2.45, 2.75) is 98.1 Å². The van der Waals surface area contributed by atoms with E-state index in [0.717, 1.165) is 44.6 Å². The van der Waals surface area contributed by atoms with Gasteiger partial charge in [-0.25, -0.2) is 9.13 Å². The number of unbranched alkanes of at least 4 members (excludes halogenated alkanes) is 8. The van der Waals surface area contributed by atoms with Crippen LogP contribution in [0, 0.1) is 6.92 Å². The lowest BCUT2D eigenvalue weighted by Gasteiger charge is -2.13. The van der Waals surface area contributed by atoms with Crippen LogP contribution in [0.3, 0.4) is 0 Å². The van der Waals surface area contributed by atoms with E-state index >= 15 is 0 Å². The monoisotopic (exact) mass is 488 g/mol. The number of nitrogens with zero attached hydrogens (tertiary/aromatic N) is 2. The van der Waals surface area contributed by atoms with E-state index in [2.05, 4.69) is 29.9 Å². The van der Waals surface area contributed by atoms with Gasteiger partial charge in [-0.2, -0.15) is 0 Å². The van der Waals surface area contributed by atoms with E-state index in [1.165, 1.54) is 38.5 Å². The molecule has 1 aliphatic rings. The molecule has 0 atom stereocenters. The smallest absolute Gasteiger partial charge is 0.254 e. The molecule has 1 aliphatic carbocycles. The van der Waals surface area contributed by atoms with E-state index in [9.17, 15) is 9.59 Å². The van der Waals surface area contributed by atoms with E-state index in [0.29, 0.717) is 22.5 Å². The van der Waals surface area contributed by atoms with Crippen LogP contribution in [0.15, 0.2) is 24.3 Å². The summed E-state index contributed by atoms with van der Waals surface area (Å²) in [7, 11) is 0. The van der Waals surface area contributed by atoms with Crippen molar-refractivity contribution >= 4 is 11.6 Å². The zero-order valence-corrected chi connectivity index (χ0v) is 21.0. The van der Waals surface area contributed by atoms with Gasteiger partial charge in [0.15, 0.2) is 0 Å². The first-order chi connectivity index (χ1) is 14.6. The summed E-state index contributed by atoms with van der Waals surface area (Å²) in [5, 5.41) is 0. The van der Waals surface area contributed by atoms with Crippen LogP contribution in [-0.4, -0.2) is 16.1 Å². The molecule has 2 aromatic rings. The van der Waals surface area contributed by atoms with Gasteiger partial charge in [0.1, 0.15) is 0 Å². The fourth-order valence-corrected chi connectivity index (χ4v) is 4.61. The van der Waals surface area contributed by atoms with Gasteiger partial charge in [0.05, 0.1) is 13.1 Å². The Bertz CT molecular complexity index is 831. The number of aromatic nitrogens is 2. The molecule has 1 aromatic heterocycles. The predicted molar refractivity (Wildman–Crippen MR) is 120 cm³/mol. The van der Waals surface area contributed by atoms with Crippen LogP contribution >= 0.6 is 0 Å². The summed E-state index contributed by atoms with van der Waals surface area (Å²) in [6, 6.07) is 7.28. The maximum atomic E-state index is 13.4. The van der Waals surface area contributed by atoms with Crippen LogP contribution in [0.2, 0.25) is 0 Å². The lowest BCUT2D eigenvalue weighted by atomic mass is 9.90. The molecule has 0 unspecified atom stereocenters. The normalized spacial score (nSPS) is 12.5. The van der Waals surface area contributed by atoms with E-state index < -0.39 is 0 Å². The fourth-order valence-electron chi connectivity index (χ4n) is 4.61. The third-order valence-corrected chi connectivity index (χ3v) is 6.36. The van der Waals surface area contributed by atoms with Crippen molar-refractivity contribution in [3.05, 3.63) is 52.6 Å². The minimum absolute atomic E-state index is 0. The van der Waals surface area contributed by atoms with Crippen molar-refractivity contribution in [2.24, 2.45) is 0 Å². The largest absolute Gasteiger partial charge is 1.00 e. The fraction of sp³-hybridized carbons (Fsp3) is 0.577. The lowest BCUT2D eigenvalue weighted by Crippen LogP contribution is -3.00. The van der Waals surface area contributed by atoms with Gasteiger partial charge < -0.3 is 17.0 Å². The maximum absolute atomic E-state index is 13.4. The number of hydrogen-bond donors (Lipinski definition) is 0. The zero-order valence-electron chi connectivity index (χ0n) is 19.4. The number of halogens is 1. The molecule has 0 aliphatic heterocycles. The molecule has 0 fully saturated rings. The molecule has 4 nitrogen and oxygen atoms in total. The highest BCUT2D eigenvalue weighted by molar-refractivity contribution is 6.26. The maximum Gasteiger partial charge on any atom is 0.254 e. The molecule has 0 N–H and O–H groups in total. The average molecular weight is 489 g/mol. The minimum Gasteiger partial charge on any atom is -1.00 e. The molecule has 31 heavy (non-hydrogen) atoms. The van der Waals surface area contributed by atoms with Gasteiger partial charge in [0.2, 0.25) is 23.0 Å². The molecule has 1 aromatic carbocycles. The number of ketones is 2. The first-order valence-electron chi connectivity index (χ1n) is 11.9. The van der Waals surface area contributed by atoms with Crippen molar-refractivity contribution in [1.29, 1.82) is 0 Å². The molecule has 170 valence electrons. The molecule has 3 rings (SSSR count). The predicted octanol–water partition coefficient (Wildman–Crippen LogP) is 2.80. The standard InChI is InChI=1S/C26H37N2O2.BrH/c1-4-6-8-10-14-18-27-20(3)28(19-15-11-9-7-5-2)24-23(27)25(29)21-16-12-13-17-22(21)26(24)30;/h12-13,16-17H,4-11,14-15,18-19H2,1-3H3;1H/q+1;/p-1. The second-order valence-electron chi connectivity index (χ2n) is 8.58. The molecule has 1 heterocycles.